The molecule has 0 radical (unpaired) electrons. The van der Waals surface area contributed by atoms with Gasteiger partial charge in [0.15, 0.2) is 0 Å². The quantitative estimate of drug-likeness (QED) is 0.643. The molecule has 0 fully saturated rings. The number of rotatable bonds is 5. The minimum absolute atomic E-state index is 0.160. The summed E-state index contributed by atoms with van der Waals surface area (Å²) >= 11 is 5.78. The first-order valence-corrected chi connectivity index (χ1v) is 6.15. The normalized spacial score (nSPS) is 11.0. The van der Waals surface area contributed by atoms with Crippen LogP contribution in [0, 0.1) is 0 Å². The van der Waals surface area contributed by atoms with Crippen LogP contribution in [0.15, 0.2) is 24.3 Å². The van der Waals surface area contributed by atoms with Crippen LogP contribution in [-0.2, 0) is 9.53 Å². The summed E-state index contributed by atoms with van der Waals surface area (Å²) in [6.07, 6.45) is -4.76. The lowest BCUT2D eigenvalue weighted by molar-refractivity contribution is -0.174. The standard InChI is InChI=1S/C12H12ClF3N2O3/c13-9-4-2-1-3-8(9)11(20)18-17-10(19)5-6-21-7-12(14,15)16/h1-4H,5-7H2,(H,17,19)(H,18,20). The molecule has 1 aromatic rings. The monoisotopic (exact) mass is 324 g/mol. The molecular weight excluding hydrogens is 313 g/mol. The summed E-state index contributed by atoms with van der Waals surface area (Å²) in [5, 5.41) is 0.206. The lowest BCUT2D eigenvalue weighted by Gasteiger charge is -2.09. The van der Waals surface area contributed by atoms with Crippen molar-refractivity contribution in [3.63, 3.8) is 0 Å². The third-order valence-corrected chi connectivity index (χ3v) is 2.50. The van der Waals surface area contributed by atoms with Crippen LogP contribution in [0.3, 0.4) is 0 Å². The van der Waals surface area contributed by atoms with Gasteiger partial charge in [0.1, 0.15) is 6.61 Å². The number of carbonyl (C=O) groups excluding carboxylic acids is 2. The molecular formula is C12H12ClF3N2O3. The molecule has 0 aromatic heterocycles. The van der Waals surface area contributed by atoms with E-state index in [9.17, 15) is 22.8 Å². The zero-order valence-corrected chi connectivity index (χ0v) is 11.4. The van der Waals surface area contributed by atoms with Crippen LogP contribution in [0.25, 0.3) is 0 Å². The molecule has 0 aliphatic rings. The largest absolute Gasteiger partial charge is 0.411 e. The molecule has 0 atom stereocenters. The molecule has 1 aromatic carbocycles. The van der Waals surface area contributed by atoms with Crippen molar-refractivity contribution >= 4 is 23.4 Å². The van der Waals surface area contributed by atoms with Gasteiger partial charge in [0, 0.05) is 0 Å². The second-order valence-corrected chi connectivity index (χ2v) is 4.31. The Morgan fingerprint density at radius 2 is 1.86 bits per heavy atom. The Balaban J connectivity index is 2.27. The molecule has 0 bridgehead atoms. The van der Waals surface area contributed by atoms with E-state index in [4.69, 9.17) is 11.6 Å². The highest BCUT2D eigenvalue weighted by Crippen LogP contribution is 2.15. The summed E-state index contributed by atoms with van der Waals surface area (Å²) in [6, 6.07) is 6.18. The van der Waals surface area contributed by atoms with E-state index >= 15 is 0 Å². The Kier molecular flexibility index (Phi) is 6.44. The number of alkyl halides is 3. The van der Waals surface area contributed by atoms with Gasteiger partial charge in [0.2, 0.25) is 5.91 Å². The molecule has 0 saturated heterocycles. The zero-order valence-electron chi connectivity index (χ0n) is 10.7. The van der Waals surface area contributed by atoms with E-state index in [1.165, 1.54) is 12.1 Å². The van der Waals surface area contributed by atoms with E-state index in [2.05, 4.69) is 10.2 Å². The van der Waals surface area contributed by atoms with E-state index in [0.29, 0.717) is 0 Å². The van der Waals surface area contributed by atoms with Crippen molar-refractivity contribution in [1.82, 2.24) is 10.9 Å². The number of hydrogen-bond acceptors (Lipinski definition) is 3. The molecule has 5 nitrogen and oxygen atoms in total. The Labute approximate surface area is 123 Å². The van der Waals surface area contributed by atoms with E-state index in [1.807, 2.05) is 5.43 Å². The third-order valence-electron chi connectivity index (χ3n) is 2.17. The maximum atomic E-state index is 11.8. The summed E-state index contributed by atoms with van der Waals surface area (Å²) in [7, 11) is 0. The summed E-state index contributed by atoms with van der Waals surface area (Å²) in [4.78, 5) is 22.9. The van der Waals surface area contributed by atoms with E-state index < -0.39 is 31.2 Å². The van der Waals surface area contributed by atoms with Crippen molar-refractivity contribution in [3.8, 4) is 0 Å². The average molecular weight is 325 g/mol. The molecule has 116 valence electrons. The summed E-state index contributed by atoms with van der Waals surface area (Å²) < 4.78 is 39.6. The van der Waals surface area contributed by atoms with Gasteiger partial charge in [-0.1, -0.05) is 23.7 Å². The average Bonchev–Trinajstić information content (AvgIpc) is 2.40. The summed E-state index contributed by atoms with van der Waals surface area (Å²) in [6.45, 7) is -1.83. The van der Waals surface area contributed by atoms with Crippen LogP contribution in [0.1, 0.15) is 16.8 Å². The number of benzene rings is 1. The van der Waals surface area contributed by atoms with Crippen LogP contribution in [0.5, 0.6) is 0 Å². The first-order valence-electron chi connectivity index (χ1n) is 5.78. The van der Waals surface area contributed by atoms with E-state index in [-0.39, 0.29) is 17.0 Å². The fourth-order valence-corrected chi connectivity index (χ4v) is 1.48. The van der Waals surface area contributed by atoms with Crippen molar-refractivity contribution in [3.05, 3.63) is 34.9 Å². The number of hydrogen-bond donors (Lipinski definition) is 2. The van der Waals surface area contributed by atoms with Crippen molar-refractivity contribution in [1.29, 1.82) is 0 Å². The number of hydrazine groups is 1. The van der Waals surface area contributed by atoms with Crippen molar-refractivity contribution in [2.75, 3.05) is 13.2 Å². The van der Waals surface area contributed by atoms with Gasteiger partial charge in [-0.15, -0.1) is 0 Å². The van der Waals surface area contributed by atoms with Gasteiger partial charge in [0.05, 0.1) is 23.6 Å². The lowest BCUT2D eigenvalue weighted by Crippen LogP contribution is -2.42. The van der Waals surface area contributed by atoms with Gasteiger partial charge in [-0.2, -0.15) is 13.2 Å². The molecule has 0 aliphatic heterocycles. The van der Waals surface area contributed by atoms with E-state index in [0.717, 1.165) is 0 Å². The van der Waals surface area contributed by atoms with Crippen LogP contribution in [0.4, 0.5) is 13.2 Å². The fraction of sp³-hybridized carbons (Fsp3) is 0.333. The van der Waals surface area contributed by atoms with Crippen LogP contribution >= 0.6 is 11.6 Å². The van der Waals surface area contributed by atoms with Gasteiger partial charge in [-0.3, -0.25) is 20.4 Å². The van der Waals surface area contributed by atoms with Gasteiger partial charge in [0.25, 0.3) is 5.91 Å². The molecule has 2 amide bonds. The highest BCUT2D eigenvalue weighted by molar-refractivity contribution is 6.33. The molecule has 0 saturated carbocycles. The Hall–Kier alpha value is -1.80. The Bertz CT molecular complexity index is 509. The first kappa shape index (κ1) is 17.3. The second kappa shape index (κ2) is 7.84. The number of nitrogens with one attached hydrogen (secondary N) is 2. The van der Waals surface area contributed by atoms with Crippen LogP contribution in [-0.4, -0.2) is 31.2 Å². The van der Waals surface area contributed by atoms with Gasteiger partial charge in [-0.05, 0) is 12.1 Å². The predicted octanol–water partition coefficient (Wildman–Crippen LogP) is 2.07. The third kappa shape index (κ3) is 6.96. The van der Waals surface area contributed by atoms with Gasteiger partial charge >= 0.3 is 6.18 Å². The number of carbonyl (C=O) groups is 2. The van der Waals surface area contributed by atoms with Crippen molar-refractivity contribution < 1.29 is 27.5 Å². The zero-order chi connectivity index (χ0) is 15.9. The smallest absolute Gasteiger partial charge is 0.372 e. The minimum atomic E-state index is -4.44. The Morgan fingerprint density at radius 1 is 1.19 bits per heavy atom. The van der Waals surface area contributed by atoms with Crippen molar-refractivity contribution in [2.24, 2.45) is 0 Å². The van der Waals surface area contributed by atoms with Crippen LogP contribution < -0.4 is 10.9 Å². The molecule has 0 aliphatic carbocycles. The lowest BCUT2D eigenvalue weighted by atomic mass is 10.2. The van der Waals surface area contributed by atoms with Crippen LogP contribution in [0.2, 0.25) is 5.02 Å². The van der Waals surface area contributed by atoms with Crippen molar-refractivity contribution in [2.45, 2.75) is 12.6 Å². The highest BCUT2D eigenvalue weighted by atomic mass is 35.5. The molecule has 21 heavy (non-hydrogen) atoms. The molecule has 0 spiro atoms. The summed E-state index contributed by atoms with van der Waals surface area (Å²) in [5.74, 6) is -1.32. The maximum absolute atomic E-state index is 11.8. The molecule has 0 heterocycles. The fourth-order valence-electron chi connectivity index (χ4n) is 1.25. The minimum Gasteiger partial charge on any atom is -0.372 e. The number of halogens is 4. The number of amides is 2. The topological polar surface area (TPSA) is 67.4 Å². The van der Waals surface area contributed by atoms with Gasteiger partial charge < -0.3 is 4.74 Å². The SMILES string of the molecule is O=C(CCOCC(F)(F)F)NNC(=O)c1ccccc1Cl. The molecule has 1 rings (SSSR count). The summed E-state index contributed by atoms with van der Waals surface area (Å²) in [5.41, 5.74) is 4.30. The van der Waals surface area contributed by atoms with E-state index in [1.54, 1.807) is 12.1 Å². The first-order chi connectivity index (χ1) is 9.79. The number of ether oxygens (including phenoxy) is 1. The Morgan fingerprint density at radius 3 is 2.48 bits per heavy atom. The van der Waals surface area contributed by atoms with Gasteiger partial charge in [-0.25, -0.2) is 0 Å². The maximum Gasteiger partial charge on any atom is 0.411 e. The highest BCUT2D eigenvalue weighted by Gasteiger charge is 2.27. The predicted molar refractivity (Wildman–Crippen MR) is 68.6 cm³/mol. The molecule has 2 N–H and O–H groups in total. The second-order valence-electron chi connectivity index (χ2n) is 3.90. The molecule has 0 unspecified atom stereocenters. The molecule has 9 heteroatoms.